The Bertz CT molecular complexity index is 1010. The van der Waals surface area contributed by atoms with E-state index in [-0.39, 0.29) is 36.9 Å². The molecule has 3 heterocycles. The van der Waals surface area contributed by atoms with Crippen LogP contribution in [-0.2, 0) is 25.7 Å². The Hall–Kier alpha value is -2.97. The van der Waals surface area contributed by atoms with Gasteiger partial charge in [-0.15, -0.1) is 13.2 Å². The van der Waals surface area contributed by atoms with E-state index >= 15 is 0 Å². The molecule has 3 aliphatic rings. The van der Waals surface area contributed by atoms with E-state index in [2.05, 4.69) is 13.2 Å². The largest absolute Gasteiger partial charge is 0.395 e. The highest BCUT2D eigenvalue weighted by molar-refractivity contribution is 5.99. The van der Waals surface area contributed by atoms with Crippen molar-refractivity contribution in [2.75, 3.05) is 26.2 Å². The SMILES string of the molecule is C=CCN(Cc1ccccc1)C(=O)[C@@H]1[C@H]2C(=O)N(CCO)C(C(=O)N(CC=C)C(C)C)C23CC[C@H]1O3. The summed E-state index contributed by atoms with van der Waals surface area (Å²) in [5.74, 6) is -2.11. The van der Waals surface area contributed by atoms with Gasteiger partial charge in [-0.1, -0.05) is 42.5 Å². The van der Waals surface area contributed by atoms with Gasteiger partial charge in [-0.3, -0.25) is 14.4 Å². The Kier molecular flexibility index (Phi) is 7.66. The van der Waals surface area contributed by atoms with Gasteiger partial charge in [0.25, 0.3) is 0 Å². The third-order valence-electron chi connectivity index (χ3n) is 7.77. The summed E-state index contributed by atoms with van der Waals surface area (Å²) in [5.41, 5.74) is -0.0916. The monoisotopic (exact) mass is 495 g/mol. The number of nitrogens with zero attached hydrogens (tertiary/aromatic N) is 3. The molecule has 0 saturated carbocycles. The number of aliphatic hydroxyl groups excluding tert-OH is 1. The summed E-state index contributed by atoms with van der Waals surface area (Å²) < 4.78 is 6.49. The number of carbonyl (C=O) groups is 3. The average molecular weight is 496 g/mol. The number of carbonyl (C=O) groups excluding carboxylic acids is 3. The van der Waals surface area contributed by atoms with Gasteiger partial charge in [-0.05, 0) is 32.3 Å². The first kappa shape index (κ1) is 26.1. The number of benzene rings is 1. The van der Waals surface area contributed by atoms with Gasteiger partial charge < -0.3 is 24.5 Å². The summed E-state index contributed by atoms with van der Waals surface area (Å²) >= 11 is 0. The molecule has 8 nitrogen and oxygen atoms in total. The van der Waals surface area contributed by atoms with E-state index in [4.69, 9.17) is 4.74 Å². The zero-order valence-electron chi connectivity index (χ0n) is 21.2. The molecule has 1 N–H and O–H groups in total. The molecule has 0 aliphatic carbocycles. The van der Waals surface area contributed by atoms with Gasteiger partial charge in [0.05, 0.1) is 24.5 Å². The molecule has 1 aromatic carbocycles. The molecule has 36 heavy (non-hydrogen) atoms. The molecular weight excluding hydrogens is 458 g/mol. The zero-order chi connectivity index (χ0) is 26.0. The molecule has 2 unspecified atom stereocenters. The van der Waals surface area contributed by atoms with Crippen LogP contribution in [0.4, 0.5) is 0 Å². The van der Waals surface area contributed by atoms with E-state index in [0.717, 1.165) is 5.56 Å². The molecule has 1 spiro atoms. The van der Waals surface area contributed by atoms with E-state index in [0.29, 0.717) is 32.5 Å². The van der Waals surface area contributed by atoms with Crippen LogP contribution >= 0.6 is 0 Å². The number of amides is 3. The highest BCUT2D eigenvalue weighted by Crippen LogP contribution is 2.59. The number of β-amino-alcohol motifs (C(OH)–C–C–N with tert-alkyl or cyclic N) is 1. The fourth-order valence-electron chi connectivity index (χ4n) is 6.32. The standard InChI is InChI=1S/C28H37N3O5/c1-5-14-29(18-20-10-8-7-9-11-20)25(33)22-21-12-13-28(36-21)23(22)26(34)31(16-17-32)24(28)27(35)30(15-6-2)19(3)4/h5-11,19,21-24,32H,1-2,12-18H2,3-4H3/t21-,22+,23+,24?,28?/m1/s1. The van der Waals surface area contributed by atoms with Gasteiger partial charge in [0.15, 0.2) is 0 Å². The van der Waals surface area contributed by atoms with Gasteiger partial charge >= 0.3 is 0 Å². The summed E-state index contributed by atoms with van der Waals surface area (Å²) in [6.45, 7) is 12.2. The van der Waals surface area contributed by atoms with E-state index in [1.54, 1.807) is 22.0 Å². The van der Waals surface area contributed by atoms with Crippen LogP contribution in [0.2, 0.25) is 0 Å². The predicted molar refractivity (Wildman–Crippen MR) is 136 cm³/mol. The number of likely N-dealkylation sites (tertiary alicyclic amines) is 1. The van der Waals surface area contributed by atoms with Crippen molar-refractivity contribution in [1.29, 1.82) is 0 Å². The van der Waals surface area contributed by atoms with Crippen molar-refractivity contribution in [2.24, 2.45) is 11.8 Å². The van der Waals surface area contributed by atoms with Crippen molar-refractivity contribution in [1.82, 2.24) is 14.7 Å². The Balaban J connectivity index is 1.69. The van der Waals surface area contributed by atoms with Crippen molar-refractivity contribution >= 4 is 17.7 Å². The fraction of sp³-hybridized carbons (Fsp3) is 0.536. The molecular formula is C28H37N3O5. The molecule has 3 aliphatic heterocycles. The maximum atomic E-state index is 14.0. The summed E-state index contributed by atoms with van der Waals surface area (Å²) in [7, 11) is 0. The maximum Gasteiger partial charge on any atom is 0.248 e. The Morgan fingerprint density at radius 1 is 1.19 bits per heavy atom. The summed E-state index contributed by atoms with van der Waals surface area (Å²) in [6.07, 6.45) is 4.05. The Morgan fingerprint density at radius 3 is 2.50 bits per heavy atom. The lowest BCUT2D eigenvalue weighted by Crippen LogP contribution is -2.57. The van der Waals surface area contributed by atoms with Crippen LogP contribution in [0, 0.1) is 11.8 Å². The number of hydrogen-bond donors (Lipinski definition) is 1. The first-order valence-corrected chi connectivity index (χ1v) is 12.7. The fourth-order valence-corrected chi connectivity index (χ4v) is 6.32. The van der Waals surface area contributed by atoms with Crippen LogP contribution < -0.4 is 0 Å². The van der Waals surface area contributed by atoms with Crippen LogP contribution in [0.1, 0.15) is 32.3 Å². The molecule has 8 heteroatoms. The van der Waals surface area contributed by atoms with E-state index < -0.39 is 29.6 Å². The van der Waals surface area contributed by atoms with Crippen molar-refractivity contribution in [3.05, 3.63) is 61.2 Å². The molecule has 3 saturated heterocycles. The van der Waals surface area contributed by atoms with E-state index in [1.807, 2.05) is 44.2 Å². The predicted octanol–water partition coefficient (Wildman–Crippen LogP) is 1.99. The Morgan fingerprint density at radius 2 is 1.89 bits per heavy atom. The summed E-state index contributed by atoms with van der Waals surface area (Å²) in [5, 5.41) is 9.76. The molecule has 3 amide bonds. The first-order chi connectivity index (χ1) is 17.3. The quantitative estimate of drug-likeness (QED) is 0.474. The first-order valence-electron chi connectivity index (χ1n) is 12.7. The second-order valence-corrected chi connectivity index (χ2v) is 10.2. The minimum Gasteiger partial charge on any atom is -0.395 e. The lowest BCUT2D eigenvalue weighted by molar-refractivity contribution is -0.150. The lowest BCUT2D eigenvalue weighted by atomic mass is 9.70. The van der Waals surface area contributed by atoms with Gasteiger partial charge in [0, 0.05) is 32.2 Å². The van der Waals surface area contributed by atoms with Crippen molar-refractivity contribution in [3.63, 3.8) is 0 Å². The van der Waals surface area contributed by atoms with Crippen LogP contribution in [0.15, 0.2) is 55.6 Å². The van der Waals surface area contributed by atoms with Gasteiger partial charge in [0.1, 0.15) is 11.6 Å². The molecule has 5 atom stereocenters. The molecule has 1 aromatic rings. The number of hydrogen-bond acceptors (Lipinski definition) is 5. The van der Waals surface area contributed by atoms with Crippen LogP contribution in [0.5, 0.6) is 0 Å². The maximum absolute atomic E-state index is 14.0. The third-order valence-corrected chi connectivity index (χ3v) is 7.77. The van der Waals surface area contributed by atoms with Crippen LogP contribution in [-0.4, -0.2) is 87.6 Å². The molecule has 0 aromatic heterocycles. The zero-order valence-corrected chi connectivity index (χ0v) is 21.2. The second kappa shape index (κ2) is 10.6. The molecule has 0 radical (unpaired) electrons. The van der Waals surface area contributed by atoms with Crippen molar-refractivity contribution in [3.8, 4) is 0 Å². The number of ether oxygens (including phenoxy) is 1. The lowest BCUT2D eigenvalue weighted by Gasteiger charge is -2.38. The highest BCUT2D eigenvalue weighted by Gasteiger charge is 2.74. The van der Waals surface area contributed by atoms with Crippen LogP contribution in [0.3, 0.4) is 0 Å². The van der Waals surface area contributed by atoms with Gasteiger partial charge in [0.2, 0.25) is 17.7 Å². The number of fused-ring (bicyclic) bond motifs is 1. The number of rotatable bonds is 11. The third kappa shape index (κ3) is 4.26. The van der Waals surface area contributed by atoms with Gasteiger partial charge in [-0.2, -0.15) is 0 Å². The van der Waals surface area contributed by atoms with Gasteiger partial charge in [-0.25, -0.2) is 0 Å². The smallest absolute Gasteiger partial charge is 0.248 e. The Labute approximate surface area is 213 Å². The minimum atomic E-state index is -1.07. The molecule has 4 rings (SSSR count). The normalized spacial score (nSPS) is 28.3. The molecule has 2 bridgehead atoms. The topological polar surface area (TPSA) is 90.4 Å². The molecule has 194 valence electrons. The number of aliphatic hydroxyl groups is 1. The second-order valence-electron chi connectivity index (χ2n) is 10.2. The van der Waals surface area contributed by atoms with Crippen molar-refractivity contribution < 1.29 is 24.2 Å². The summed E-state index contributed by atoms with van der Waals surface area (Å²) in [6, 6.07) is 8.70. The minimum absolute atomic E-state index is 0.0167. The van der Waals surface area contributed by atoms with Crippen LogP contribution in [0.25, 0.3) is 0 Å². The average Bonchev–Trinajstić information content (AvgIpc) is 3.50. The highest BCUT2D eigenvalue weighted by atomic mass is 16.5. The van der Waals surface area contributed by atoms with E-state index in [9.17, 15) is 19.5 Å². The van der Waals surface area contributed by atoms with Crippen molar-refractivity contribution in [2.45, 2.75) is 57.0 Å². The summed E-state index contributed by atoms with van der Waals surface area (Å²) in [4.78, 5) is 46.5. The van der Waals surface area contributed by atoms with E-state index in [1.165, 1.54) is 4.90 Å². The molecule has 3 fully saturated rings.